The van der Waals surface area contributed by atoms with Gasteiger partial charge in [-0.25, -0.2) is 4.79 Å². The summed E-state index contributed by atoms with van der Waals surface area (Å²) in [6, 6.07) is 0.552. The van der Waals surface area contributed by atoms with Crippen molar-refractivity contribution in [2.75, 3.05) is 0 Å². The number of carboxylic acid groups (broad SMARTS) is 1. The minimum atomic E-state index is -1.19. The molecule has 1 heterocycles. The number of aliphatic carboxylic acids is 1. The fourth-order valence-electron chi connectivity index (χ4n) is 1.21. The van der Waals surface area contributed by atoms with Crippen LogP contribution in [-0.4, -0.2) is 28.9 Å². The third-order valence-electron chi connectivity index (χ3n) is 2.11. The highest BCUT2D eigenvalue weighted by Crippen LogP contribution is 2.16. The fourth-order valence-corrected chi connectivity index (χ4v) is 2.54. The number of carboxylic acids is 1. The Labute approximate surface area is 121 Å². The molecule has 1 atom stereocenters. The normalized spacial score (nSPS) is 11.8. The first-order valence-electron chi connectivity index (χ1n) is 4.96. The lowest BCUT2D eigenvalue weighted by molar-refractivity contribution is -0.139. The molecular weight excluding hydrogens is 371 g/mol. The maximum Gasteiger partial charge on any atom is 0.326 e. The summed E-state index contributed by atoms with van der Waals surface area (Å²) in [7, 11) is 0. The van der Waals surface area contributed by atoms with E-state index >= 15 is 0 Å². The zero-order chi connectivity index (χ0) is 13.7. The first-order chi connectivity index (χ1) is 8.40. The van der Waals surface area contributed by atoms with E-state index in [9.17, 15) is 14.4 Å². The van der Waals surface area contributed by atoms with Crippen LogP contribution in [0.2, 0.25) is 0 Å². The number of rotatable bonds is 6. The summed E-state index contributed by atoms with van der Waals surface area (Å²) in [6.07, 6.45) is -0.101. The van der Waals surface area contributed by atoms with Gasteiger partial charge < -0.3 is 16.2 Å². The zero-order valence-corrected chi connectivity index (χ0v) is 12.2. The van der Waals surface area contributed by atoms with Gasteiger partial charge in [-0.3, -0.25) is 9.59 Å². The van der Waals surface area contributed by atoms with Crippen molar-refractivity contribution in [3.63, 3.8) is 0 Å². The molecule has 1 aromatic heterocycles. The quantitative estimate of drug-likeness (QED) is 0.633. The van der Waals surface area contributed by atoms with Crippen LogP contribution in [0.4, 0.5) is 0 Å². The first-order valence-corrected chi connectivity index (χ1v) is 6.92. The Morgan fingerprint density at radius 1 is 1.50 bits per heavy atom. The van der Waals surface area contributed by atoms with Gasteiger partial charge in [0.05, 0.1) is 8.45 Å². The Morgan fingerprint density at radius 3 is 2.61 bits per heavy atom. The van der Waals surface area contributed by atoms with E-state index in [0.717, 1.165) is 2.88 Å². The number of thiophene rings is 1. The molecule has 0 saturated carbocycles. The van der Waals surface area contributed by atoms with Gasteiger partial charge in [0.15, 0.2) is 0 Å². The summed E-state index contributed by atoms with van der Waals surface area (Å²) in [5, 5.41) is 12.9. The third kappa shape index (κ3) is 4.61. The van der Waals surface area contributed by atoms with Crippen molar-refractivity contribution >= 4 is 51.7 Å². The van der Waals surface area contributed by atoms with E-state index in [4.69, 9.17) is 10.8 Å². The smallest absolute Gasteiger partial charge is 0.326 e. The molecule has 0 fully saturated rings. The highest BCUT2D eigenvalue weighted by atomic mass is 127. The van der Waals surface area contributed by atoms with Gasteiger partial charge in [0.25, 0.3) is 5.91 Å². The summed E-state index contributed by atoms with van der Waals surface area (Å²) in [6.45, 7) is 0. The Balaban J connectivity index is 2.63. The molecule has 18 heavy (non-hydrogen) atoms. The van der Waals surface area contributed by atoms with Crippen LogP contribution in [0.1, 0.15) is 23.2 Å². The predicted molar refractivity (Wildman–Crippen MR) is 74.4 cm³/mol. The standard InChI is InChI=1S/C10H11IN2O4S/c11-7-3-5(4-18-7)9(15)13-6(10(16)17)1-2-8(12)14/h3-4,6H,1-2H2,(H2,12,14)(H,13,15)(H,16,17)/t6-/m0/s1. The average molecular weight is 382 g/mol. The lowest BCUT2D eigenvalue weighted by Crippen LogP contribution is -2.41. The molecule has 0 saturated heterocycles. The number of halogens is 1. The number of hydrogen-bond acceptors (Lipinski definition) is 4. The first kappa shape index (κ1) is 14.9. The molecule has 0 spiro atoms. The molecule has 2 amide bonds. The van der Waals surface area contributed by atoms with Crippen molar-refractivity contribution in [3.8, 4) is 0 Å². The third-order valence-corrected chi connectivity index (χ3v) is 3.90. The maximum atomic E-state index is 11.7. The van der Waals surface area contributed by atoms with Gasteiger partial charge in [0.2, 0.25) is 5.91 Å². The SMILES string of the molecule is NC(=O)CC[C@H](NC(=O)c1csc(I)c1)C(=O)O. The van der Waals surface area contributed by atoms with E-state index in [2.05, 4.69) is 27.9 Å². The Hall–Kier alpha value is -1.16. The Morgan fingerprint density at radius 2 is 2.17 bits per heavy atom. The molecule has 0 unspecified atom stereocenters. The van der Waals surface area contributed by atoms with Crippen LogP contribution in [0, 0.1) is 2.88 Å². The minimum absolute atomic E-state index is 0.0162. The number of nitrogens with one attached hydrogen (secondary N) is 1. The van der Waals surface area contributed by atoms with Gasteiger partial charge in [-0.2, -0.15) is 0 Å². The predicted octanol–water partition coefficient (Wildman–Crippen LogP) is 0.801. The fraction of sp³-hybridized carbons (Fsp3) is 0.300. The maximum absolute atomic E-state index is 11.7. The van der Waals surface area contributed by atoms with Crippen molar-refractivity contribution in [1.29, 1.82) is 0 Å². The van der Waals surface area contributed by atoms with Crippen LogP contribution < -0.4 is 11.1 Å². The van der Waals surface area contributed by atoms with E-state index in [1.807, 2.05) is 0 Å². The van der Waals surface area contributed by atoms with E-state index in [1.54, 1.807) is 11.4 Å². The highest BCUT2D eigenvalue weighted by Gasteiger charge is 2.21. The summed E-state index contributed by atoms with van der Waals surface area (Å²) in [5.41, 5.74) is 5.35. The van der Waals surface area contributed by atoms with Gasteiger partial charge in [-0.05, 0) is 35.1 Å². The van der Waals surface area contributed by atoms with Gasteiger partial charge in [0, 0.05) is 11.8 Å². The van der Waals surface area contributed by atoms with Gasteiger partial charge in [-0.1, -0.05) is 0 Å². The molecule has 0 radical (unpaired) electrons. The van der Waals surface area contributed by atoms with Crippen molar-refractivity contribution in [1.82, 2.24) is 5.32 Å². The molecular formula is C10H11IN2O4S. The van der Waals surface area contributed by atoms with Crippen molar-refractivity contribution < 1.29 is 19.5 Å². The molecule has 0 aliphatic carbocycles. The van der Waals surface area contributed by atoms with Crippen molar-refractivity contribution in [2.24, 2.45) is 5.73 Å². The number of carbonyl (C=O) groups is 3. The molecule has 0 aliphatic rings. The molecule has 6 nitrogen and oxygen atoms in total. The summed E-state index contributed by atoms with van der Waals surface area (Å²) in [5.74, 6) is -2.25. The summed E-state index contributed by atoms with van der Waals surface area (Å²) < 4.78 is 0.932. The van der Waals surface area contributed by atoms with E-state index in [1.165, 1.54) is 11.3 Å². The van der Waals surface area contributed by atoms with Crippen molar-refractivity contribution in [2.45, 2.75) is 18.9 Å². The Kier molecular flexibility index (Phi) is 5.54. The second-order valence-corrected chi connectivity index (χ2v) is 6.31. The summed E-state index contributed by atoms with van der Waals surface area (Å²) >= 11 is 3.46. The van der Waals surface area contributed by atoms with Crippen LogP contribution in [0.25, 0.3) is 0 Å². The molecule has 98 valence electrons. The van der Waals surface area contributed by atoms with Gasteiger partial charge in [0.1, 0.15) is 6.04 Å². The van der Waals surface area contributed by atoms with Crippen LogP contribution in [-0.2, 0) is 9.59 Å². The zero-order valence-electron chi connectivity index (χ0n) is 9.18. The van der Waals surface area contributed by atoms with Crippen molar-refractivity contribution in [3.05, 3.63) is 19.9 Å². The average Bonchev–Trinajstić information content (AvgIpc) is 2.70. The molecule has 1 rings (SSSR count). The van der Waals surface area contributed by atoms with Crippen LogP contribution in [0.3, 0.4) is 0 Å². The van der Waals surface area contributed by atoms with Crippen LogP contribution in [0.5, 0.6) is 0 Å². The van der Waals surface area contributed by atoms with E-state index in [-0.39, 0.29) is 12.8 Å². The van der Waals surface area contributed by atoms with E-state index < -0.39 is 23.8 Å². The number of hydrogen-bond donors (Lipinski definition) is 3. The lowest BCUT2D eigenvalue weighted by atomic mass is 10.1. The number of primary amides is 1. The second kappa shape index (κ2) is 6.69. The summed E-state index contributed by atoms with van der Waals surface area (Å²) in [4.78, 5) is 33.3. The van der Waals surface area contributed by atoms with Crippen LogP contribution >= 0.6 is 33.9 Å². The number of carbonyl (C=O) groups excluding carboxylic acids is 2. The minimum Gasteiger partial charge on any atom is -0.480 e. The molecule has 8 heteroatoms. The molecule has 0 aromatic carbocycles. The monoisotopic (exact) mass is 382 g/mol. The second-order valence-electron chi connectivity index (χ2n) is 3.51. The number of nitrogens with two attached hydrogens (primary N) is 1. The molecule has 1 aromatic rings. The Bertz CT molecular complexity index is 474. The van der Waals surface area contributed by atoms with Gasteiger partial charge >= 0.3 is 5.97 Å². The lowest BCUT2D eigenvalue weighted by Gasteiger charge is -2.12. The highest BCUT2D eigenvalue weighted by molar-refractivity contribution is 14.1. The van der Waals surface area contributed by atoms with E-state index in [0.29, 0.717) is 5.56 Å². The molecule has 0 bridgehead atoms. The van der Waals surface area contributed by atoms with Crippen LogP contribution in [0.15, 0.2) is 11.4 Å². The largest absolute Gasteiger partial charge is 0.480 e. The van der Waals surface area contributed by atoms with Gasteiger partial charge in [-0.15, -0.1) is 11.3 Å². The molecule has 0 aliphatic heterocycles. The number of amides is 2. The molecule has 4 N–H and O–H groups in total. The topological polar surface area (TPSA) is 109 Å².